The molecule has 5 nitrogen and oxygen atoms in total. The molecule has 0 amide bonds. The van der Waals surface area contributed by atoms with Crippen LogP contribution in [-0.2, 0) is 23.4 Å². The van der Waals surface area contributed by atoms with Gasteiger partial charge in [-0.05, 0) is 18.4 Å². The highest BCUT2D eigenvalue weighted by Crippen LogP contribution is 2.30. The predicted octanol–water partition coefficient (Wildman–Crippen LogP) is 1.30. The smallest absolute Gasteiger partial charge is 0.461 e. The molecule has 0 N–H and O–H groups in total. The summed E-state index contributed by atoms with van der Waals surface area (Å²) in [5.74, 6) is -1.77. The van der Waals surface area contributed by atoms with Crippen LogP contribution < -0.4 is 0 Å². The lowest BCUT2D eigenvalue weighted by atomic mass is 10.7. The van der Waals surface area contributed by atoms with Gasteiger partial charge in [-0.3, -0.25) is 0 Å². The Kier molecular flexibility index (Phi) is 6.68. The van der Waals surface area contributed by atoms with Crippen LogP contribution in [0.3, 0.4) is 0 Å². The van der Waals surface area contributed by atoms with Crippen molar-refractivity contribution in [1.29, 1.82) is 0 Å². The van der Waals surface area contributed by atoms with E-state index in [4.69, 9.17) is 9.26 Å². The van der Waals surface area contributed by atoms with E-state index in [2.05, 4.69) is 4.74 Å². The zero-order valence-electron chi connectivity index (χ0n) is 7.98. The molecule has 0 aliphatic carbocycles. The van der Waals surface area contributed by atoms with Crippen molar-refractivity contribution in [3.8, 4) is 0 Å². The highest BCUT2D eigenvalue weighted by Gasteiger charge is 2.41. The van der Waals surface area contributed by atoms with E-state index >= 15 is 0 Å². The van der Waals surface area contributed by atoms with Crippen molar-refractivity contribution < 1.29 is 23.4 Å². The third-order valence-corrected chi connectivity index (χ3v) is 2.48. The van der Waals surface area contributed by atoms with Gasteiger partial charge in [-0.15, -0.1) is 4.52 Å². The average molecular weight is 209 g/mol. The third kappa shape index (κ3) is 4.31. The van der Waals surface area contributed by atoms with Gasteiger partial charge in [0.1, 0.15) is 0 Å². The number of hydrogen-bond acceptors (Lipinski definition) is 5. The van der Waals surface area contributed by atoms with Gasteiger partial charge in [-0.2, -0.15) is 0 Å². The van der Waals surface area contributed by atoms with E-state index in [1.165, 1.54) is 7.11 Å². The van der Waals surface area contributed by atoms with Crippen molar-refractivity contribution >= 4 is 14.0 Å². The quantitative estimate of drug-likeness (QED) is 0.487. The van der Waals surface area contributed by atoms with Crippen LogP contribution in [0.15, 0.2) is 0 Å². The van der Waals surface area contributed by atoms with E-state index in [0.717, 1.165) is 0 Å². The maximum atomic E-state index is 11.2. The van der Waals surface area contributed by atoms with Gasteiger partial charge >= 0.3 is 19.8 Å². The summed E-state index contributed by atoms with van der Waals surface area (Å²) >= 11 is 0. The molecule has 76 valence electrons. The molecule has 0 aliphatic heterocycles. The van der Waals surface area contributed by atoms with E-state index in [1.54, 1.807) is 13.8 Å². The lowest BCUT2D eigenvalue weighted by Crippen LogP contribution is -2.22. The predicted molar refractivity (Wildman–Crippen MR) is 46.7 cm³/mol. The first kappa shape index (κ1) is 12.5. The summed E-state index contributed by atoms with van der Waals surface area (Å²) < 4.78 is 25.3. The molecule has 13 heavy (non-hydrogen) atoms. The molecule has 0 rings (SSSR count). The maximum Gasteiger partial charge on any atom is 0.553 e. The Morgan fingerprint density at radius 3 is 2.38 bits per heavy atom. The molecule has 0 fully saturated rings. The van der Waals surface area contributed by atoms with Crippen molar-refractivity contribution in [3.63, 3.8) is 0 Å². The van der Waals surface area contributed by atoms with Gasteiger partial charge in [0, 0.05) is 7.11 Å². The number of carbonyl (C=O) groups is 1. The fraction of sp³-hybridized carbons (Fsp3) is 0.857. The Labute approximate surface area is 78.2 Å². The van der Waals surface area contributed by atoms with E-state index < -0.39 is 19.8 Å². The maximum absolute atomic E-state index is 11.2. The van der Waals surface area contributed by atoms with Gasteiger partial charge in [-0.25, -0.2) is 4.79 Å². The molecule has 0 aromatic rings. The van der Waals surface area contributed by atoms with E-state index in [0.29, 0.717) is 0 Å². The summed E-state index contributed by atoms with van der Waals surface area (Å²) in [4.78, 5) is 11.1. The second-order valence-electron chi connectivity index (χ2n) is 2.04. The van der Waals surface area contributed by atoms with Crippen molar-refractivity contribution in [3.05, 3.63) is 0 Å². The average Bonchev–Trinajstić information content (AvgIpc) is 2.06. The number of hydrogen-bond donors (Lipinski definition) is 0. The molecule has 0 saturated carbocycles. The first-order valence-corrected chi connectivity index (χ1v) is 5.20. The number of carbonyl (C=O) groups excluding carboxylic acids is 1. The van der Waals surface area contributed by atoms with Gasteiger partial charge in [0.15, 0.2) is 0 Å². The van der Waals surface area contributed by atoms with Crippen LogP contribution in [0.25, 0.3) is 0 Å². The molecule has 0 heterocycles. The zero-order valence-corrected chi connectivity index (χ0v) is 8.87. The molecular formula is C7H14O5P+. The minimum absolute atomic E-state index is 0.230. The minimum Gasteiger partial charge on any atom is -0.461 e. The lowest BCUT2D eigenvalue weighted by Gasteiger charge is -2.02. The molecule has 0 aliphatic rings. The molecule has 0 saturated heterocycles. The molecule has 2 unspecified atom stereocenters. The fourth-order valence-electron chi connectivity index (χ4n) is 0.677. The van der Waals surface area contributed by atoms with Crippen LogP contribution in [0.5, 0.6) is 0 Å². The van der Waals surface area contributed by atoms with Crippen molar-refractivity contribution in [2.24, 2.45) is 0 Å². The summed E-state index contributed by atoms with van der Waals surface area (Å²) in [6, 6.07) is 0. The molecule has 0 aromatic carbocycles. The molecule has 6 heteroatoms. The summed E-state index contributed by atoms with van der Waals surface area (Å²) in [5, 5.41) is 0. The Balaban J connectivity index is 4.15. The molecule has 0 spiro atoms. The van der Waals surface area contributed by atoms with Crippen molar-refractivity contribution in [2.45, 2.75) is 19.7 Å². The van der Waals surface area contributed by atoms with Crippen LogP contribution in [-0.4, -0.2) is 32.1 Å². The number of ether oxygens (including phenoxy) is 2. The monoisotopic (exact) mass is 209 g/mol. The third-order valence-electron chi connectivity index (χ3n) is 1.16. The van der Waals surface area contributed by atoms with Crippen molar-refractivity contribution in [2.75, 3.05) is 20.3 Å². The Bertz CT molecular complexity index is 164. The Hall–Kier alpha value is -0.510. The summed E-state index contributed by atoms with van der Waals surface area (Å²) in [6.45, 7) is 3.85. The van der Waals surface area contributed by atoms with Gasteiger partial charge in [0.05, 0.1) is 13.2 Å². The number of rotatable bonds is 6. The number of methoxy groups -OCH3 is 1. The Morgan fingerprint density at radius 2 is 2.00 bits per heavy atom. The molecular weight excluding hydrogens is 195 g/mol. The molecule has 0 aromatic heterocycles. The SMILES string of the molecule is CCOC(=O)C(OC)[P+](=O)OCC. The van der Waals surface area contributed by atoms with E-state index in [9.17, 15) is 9.36 Å². The molecule has 2 atom stereocenters. The lowest BCUT2D eigenvalue weighted by molar-refractivity contribution is -0.150. The normalized spacial score (nSPS) is 13.6. The zero-order chi connectivity index (χ0) is 10.3. The summed E-state index contributed by atoms with van der Waals surface area (Å²) in [6.07, 6.45) is 0. The van der Waals surface area contributed by atoms with Crippen LogP contribution in [0.1, 0.15) is 13.8 Å². The molecule has 0 radical (unpaired) electrons. The second-order valence-corrected chi connectivity index (χ2v) is 3.34. The standard InChI is InChI=1S/C7H14O5P/c1-4-11-6(8)7(10-3)13(9)12-5-2/h7H,4-5H2,1-3H3/q+1. The van der Waals surface area contributed by atoms with Crippen molar-refractivity contribution in [1.82, 2.24) is 0 Å². The first-order chi connectivity index (χ1) is 6.17. The van der Waals surface area contributed by atoms with Gasteiger partial charge in [0.25, 0.3) is 0 Å². The van der Waals surface area contributed by atoms with Gasteiger partial charge in [0.2, 0.25) is 0 Å². The number of esters is 1. The highest BCUT2D eigenvalue weighted by molar-refractivity contribution is 7.41. The second kappa shape index (κ2) is 6.95. The van der Waals surface area contributed by atoms with Gasteiger partial charge in [-0.1, -0.05) is 0 Å². The minimum atomic E-state index is -2.14. The summed E-state index contributed by atoms with van der Waals surface area (Å²) in [7, 11) is -0.856. The van der Waals surface area contributed by atoms with Crippen LogP contribution in [0.2, 0.25) is 0 Å². The van der Waals surface area contributed by atoms with Crippen LogP contribution in [0, 0.1) is 0 Å². The largest absolute Gasteiger partial charge is 0.553 e. The Morgan fingerprint density at radius 1 is 1.38 bits per heavy atom. The van der Waals surface area contributed by atoms with Gasteiger partial charge < -0.3 is 9.47 Å². The van der Waals surface area contributed by atoms with E-state index in [1.807, 2.05) is 0 Å². The van der Waals surface area contributed by atoms with E-state index in [-0.39, 0.29) is 13.2 Å². The first-order valence-electron chi connectivity index (χ1n) is 3.96. The van der Waals surface area contributed by atoms with Crippen LogP contribution >= 0.6 is 8.03 Å². The fourth-order valence-corrected chi connectivity index (χ4v) is 1.49. The van der Waals surface area contributed by atoms with Crippen LogP contribution in [0.4, 0.5) is 0 Å². The highest BCUT2D eigenvalue weighted by atomic mass is 31.1. The summed E-state index contributed by atoms with van der Waals surface area (Å²) in [5.41, 5.74) is 0. The topological polar surface area (TPSA) is 61.8 Å². The molecule has 0 bridgehead atoms.